The minimum atomic E-state index is -0.505. The lowest BCUT2D eigenvalue weighted by Crippen LogP contribution is -1.92. The van der Waals surface area contributed by atoms with Crippen molar-refractivity contribution in [2.75, 3.05) is 0 Å². The van der Waals surface area contributed by atoms with Crippen LogP contribution < -0.4 is 0 Å². The van der Waals surface area contributed by atoms with Crippen LogP contribution in [0.3, 0.4) is 0 Å². The Morgan fingerprint density at radius 1 is 1.88 bits per heavy atom. The lowest BCUT2D eigenvalue weighted by Gasteiger charge is -1.82. The molecule has 0 rings (SSSR count). The summed E-state index contributed by atoms with van der Waals surface area (Å²) in [7, 11) is 0. The average Bonchev–Trinajstić information content (AvgIpc) is 1.68. The first-order chi connectivity index (χ1) is 3.81. The van der Waals surface area contributed by atoms with Gasteiger partial charge in [-0.2, -0.15) is 0 Å². The van der Waals surface area contributed by atoms with E-state index in [1.165, 1.54) is 6.08 Å². The molecule has 0 aliphatic carbocycles. The van der Waals surface area contributed by atoms with Crippen molar-refractivity contribution in [3.8, 4) is 12.5 Å². The number of ether oxygens (including phenoxy) is 1. The number of hydrogen-bond donors (Lipinski definition) is 0. The van der Waals surface area contributed by atoms with Crippen LogP contribution in [0, 0.1) is 12.5 Å². The molecule has 0 N–H and O–H groups in total. The summed E-state index contributed by atoms with van der Waals surface area (Å²) in [5, 5.41) is 0. The van der Waals surface area contributed by atoms with Gasteiger partial charge in [-0.1, -0.05) is 12.5 Å². The van der Waals surface area contributed by atoms with Crippen LogP contribution in [-0.2, 0) is 9.53 Å². The molecular formula is C6H6O2. The predicted octanol–water partition coefficient (Wildman–Crippen LogP) is 0.696. The summed E-state index contributed by atoms with van der Waals surface area (Å²) < 4.78 is 4.08. The Hall–Kier alpha value is -1.23. The van der Waals surface area contributed by atoms with Gasteiger partial charge in [-0.25, -0.2) is 4.79 Å². The molecule has 0 saturated heterocycles. The summed E-state index contributed by atoms with van der Waals surface area (Å²) in [5.41, 5.74) is 0. The maximum Gasteiger partial charge on any atom is 0.344 e. The Bertz CT molecular complexity index is 139. The molecule has 0 aromatic rings. The summed E-state index contributed by atoms with van der Waals surface area (Å²) in [5.74, 6) is -0.505. The van der Waals surface area contributed by atoms with E-state index in [0.29, 0.717) is 0 Å². The number of carbonyl (C=O) groups is 1. The number of hydrogen-bond acceptors (Lipinski definition) is 2. The quantitative estimate of drug-likeness (QED) is 0.282. The van der Waals surface area contributed by atoms with Crippen LogP contribution in [0.25, 0.3) is 0 Å². The third-order valence-electron chi connectivity index (χ3n) is 0.462. The van der Waals surface area contributed by atoms with Gasteiger partial charge < -0.3 is 4.74 Å². The SMILES string of the molecule is C#COC(=O)C=CC. The molecule has 42 valence electrons. The topological polar surface area (TPSA) is 26.3 Å². The lowest BCUT2D eigenvalue weighted by atomic mass is 10.5. The molecule has 0 saturated carbocycles. The highest BCUT2D eigenvalue weighted by Crippen LogP contribution is 1.76. The number of rotatable bonds is 1. The van der Waals surface area contributed by atoms with Crippen molar-refractivity contribution in [3.63, 3.8) is 0 Å². The monoisotopic (exact) mass is 110 g/mol. The van der Waals surface area contributed by atoms with Crippen LogP contribution in [0.1, 0.15) is 6.92 Å². The second kappa shape index (κ2) is 3.94. The molecule has 0 spiro atoms. The maximum absolute atomic E-state index is 10.2. The Labute approximate surface area is 48.1 Å². The van der Waals surface area contributed by atoms with E-state index in [9.17, 15) is 4.79 Å². The first-order valence-electron chi connectivity index (χ1n) is 2.10. The molecule has 0 amide bonds. The molecule has 0 heterocycles. The van der Waals surface area contributed by atoms with Crippen molar-refractivity contribution in [3.05, 3.63) is 12.2 Å². The van der Waals surface area contributed by atoms with Crippen LogP contribution in [0.15, 0.2) is 12.2 Å². The van der Waals surface area contributed by atoms with E-state index in [-0.39, 0.29) is 0 Å². The van der Waals surface area contributed by atoms with Gasteiger partial charge in [-0.15, -0.1) is 0 Å². The van der Waals surface area contributed by atoms with Gasteiger partial charge in [0, 0.05) is 6.08 Å². The first kappa shape index (κ1) is 6.77. The zero-order valence-electron chi connectivity index (χ0n) is 4.55. The van der Waals surface area contributed by atoms with Crippen molar-refractivity contribution in [1.29, 1.82) is 0 Å². The van der Waals surface area contributed by atoms with Gasteiger partial charge in [0.2, 0.25) is 0 Å². The zero-order valence-corrected chi connectivity index (χ0v) is 4.55. The highest BCUT2D eigenvalue weighted by atomic mass is 16.5. The standard InChI is InChI=1S/C6H6O2/c1-3-5-6(7)8-4-2/h2-3,5H,1H3. The third kappa shape index (κ3) is 2.98. The Balaban J connectivity index is 3.53. The molecule has 0 aromatic heterocycles. The molecular weight excluding hydrogens is 104 g/mol. The molecule has 2 heteroatoms. The molecule has 8 heavy (non-hydrogen) atoms. The van der Waals surface area contributed by atoms with Crippen molar-refractivity contribution in [2.45, 2.75) is 6.92 Å². The van der Waals surface area contributed by atoms with E-state index < -0.39 is 5.97 Å². The predicted molar refractivity (Wildman–Crippen MR) is 29.7 cm³/mol. The molecule has 2 nitrogen and oxygen atoms in total. The van der Waals surface area contributed by atoms with E-state index in [1.807, 2.05) is 0 Å². The summed E-state index contributed by atoms with van der Waals surface area (Å²) in [6, 6.07) is 0. The van der Waals surface area contributed by atoms with Crippen molar-refractivity contribution < 1.29 is 9.53 Å². The fourth-order valence-corrected chi connectivity index (χ4v) is 0.228. The van der Waals surface area contributed by atoms with E-state index >= 15 is 0 Å². The highest BCUT2D eigenvalue weighted by molar-refractivity contribution is 5.82. The average molecular weight is 110 g/mol. The molecule has 0 aliphatic heterocycles. The number of esters is 1. The molecule has 0 aromatic carbocycles. The fraction of sp³-hybridized carbons (Fsp3) is 0.167. The van der Waals surface area contributed by atoms with Crippen molar-refractivity contribution >= 4 is 5.97 Å². The van der Waals surface area contributed by atoms with Gasteiger partial charge >= 0.3 is 5.97 Å². The lowest BCUT2D eigenvalue weighted by molar-refractivity contribution is -0.131. The van der Waals surface area contributed by atoms with Gasteiger partial charge in [0.1, 0.15) is 6.11 Å². The minimum Gasteiger partial charge on any atom is -0.369 e. The van der Waals surface area contributed by atoms with E-state index in [1.54, 1.807) is 19.1 Å². The smallest absolute Gasteiger partial charge is 0.344 e. The van der Waals surface area contributed by atoms with Crippen molar-refractivity contribution in [1.82, 2.24) is 0 Å². The molecule has 0 unspecified atom stereocenters. The van der Waals surface area contributed by atoms with Crippen LogP contribution >= 0.6 is 0 Å². The second-order valence-electron chi connectivity index (χ2n) is 1.04. The largest absolute Gasteiger partial charge is 0.369 e. The zero-order chi connectivity index (χ0) is 6.41. The van der Waals surface area contributed by atoms with Gasteiger partial charge in [0.15, 0.2) is 0 Å². The summed E-state index contributed by atoms with van der Waals surface area (Å²) in [4.78, 5) is 10.2. The Kier molecular flexibility index (Phi) is 3.34. The molecule has 0 bridgehead atoms. The van der Waals surface area contributed by atoms with E-state index in [4.69, 9.17) is 0 Å². The summed E-state index contributed by atoms with van der Waals surface area (Å²) in [6.45, 7) is 1.71. The minimum absolute atomic E-state index is 0.505. The molecule has 0 radical (unpaired) electrons. The van der Waals surface area contributed by atoms with Gasteiger partial charge in [0.05, 0.1) is 0 Å². The first-order valence-corrected chi connectivity index (χ1v) is 2.10. The van der Waals surface area contributed by atoms with Crippen LogP contribution in [0.2, 0.25) is 0 Å². The second-order valence-corrected chi connectivity index (χ2v) is 1.04. The highest BCUT2D eigenvalue weighted by Gasteiger charge is 1.87. The third-order valence-corrected chi connectivity index (χ3v) is 0.462. The number of terminal acetylenes is 1. The van der Waals surface area contributed by atoms with E-state index in [0.717, 1.165) is 0 Å². The maximum atomic E-state index is 10.2. The molecule has 0 atom stereocenters. The Morgan fingerprint density at radius 2 is 2.50 bits per heavy atom. The molecule has 0 fully saturated rings. The summed E-state index contributed by atoms with van der Waals surface area (Å²) in [6.07, 6.45) is 9.19. The van der Waals surface area contributed by atoms with Gasteiger partial charge in [0.25, 0.3) is 0 Å². The van der Waals surface area contributed by atoms with Crippen LogP contribution in [0.4, 0.5) is 0 Å². The van der Waals surface area contributed by atoms with Gasteiger partial charge in [-0.05, 0) is 6.92 Å². The van der Waals surface area contributed by atoms with Crippen LogP contribution in [0.5, 0.6) is 0 Å². The number of allylic oxidation sites excluding steroid dienone is 1. The van der Waals surface area contributed by atoms with E-state index in [2.05, 4.69) is 11.2 Å². The molecule has 0 aliphatic rings. The summed E-state index contributed by atoms with van der Waals surface area (Å²) >= 11 is 0. The van der Waals surface area contributed by atoms with Gasteiger partial charge in [-0.3, -0.25) is 0 Å². The number of carbonyl (C=O) groups excluding carboxylic acids is 1. The van der Waals surface area contributed by atoms with Crippen LogP contribution in [-0.4, -0.2) is 5.97 Å². The normalized spacial score (nSPS) is 8.50. The Morgan fingerprint density at radius 3 is 2.88 bits per heavy atom. The fourth-order valence-electron chi connectivity index (χ4n) is 0.228. The van der Waals surface area contributed by atoms with Crippen molar-refractivity contribution in [2.24, 2.45) is 0 Å².